The topological polar surface area (TPSA) is 48.5 Å². The smallest absolute Gasteiger partial charge is 0.137 e. The van der Waals surface area contributed by atoms with E-state index in [2.05, 4.69) is 57.9 Å². The largest absolute Gasteiger partial charge is 0.351 e. The monoisotopic (exact) mass is 310 g/mol. The summed E-state index contributed by atoms with van der Waals surface area (Å²) in [5, 5.41) is 3.76. The van der Waals surface area contributed by atoms with Crippen molar-refractivity contribution < 1.29 is 0 Å². The first-order valence-corrected chi connectivity index (χ1v) is 7.82. The number of halogens is 1. The van der Waals surface area contributed by atoms with Crippen LogP contribution in [-0.4, -0.2) is 18.4 Å². The fourth-order valence-electron chi connectivity index (χ4n) is 1.77. The quantitative estimate of drug-likeness (QED) is 0.558. The van der Waals surface area contributed by atoms with E-state index < -0.39 is 0 Å². The third kappa shape index (κ3) is 3.91. The molecule has 1 aliphatic heterocycles. The first-order chi connectivity index (χ1) is 9.72. The van der Waals surface area contributed by atoms with Crippen LogP contribution in [0.2, 0.25) is 0 Å². The molecule has 0 aromatic heterocycles. The molecule has 0 amide bonds. The number of hydrogen-bond donors (Lipinski definition) is 3. The lowest BCUT2D eigenvalue weighted by molar-refractivity contribution is 0.788. The highest BCUT2D eigenvalue weighted by Crippen LogP contribution is 2.24. The third-order valence-electron chi connectivity index (χ3n) is 2.85. The first-order valence-electron chi connectivity index (χ1n) is 6.62. The van der Waals surface area contributed by atoms with Gasteiger partial charge in [0.1, 0.15) is 17.7 Å². The van der Waals surface area contributed by atoms with E-state index in [-0.39, 0.29) is 0 Å². The predicted octanol–water partition coefficient (Wildman–Crippen LogP) is 3.01. The Labute approximate surface area is 129 Å². The van der Waals surface area contributed by atoms with Crippen LogP contribution in [0.1, 0.15) is 24.5 Å². The summed E-state index contributed by atoms with van der Waals surface area (Å²) in [4.78, 5) is 4.25. The number of allylic oxidation sites excluding steroid dienone is 1. The molecule has 0 radical (unpaired) electrons. The van der Waals surface area contributed by atoms with Gasteiger partial charge in [0.15, 0.2) is 0 Å². The van der Waals surface area contributed by atoms with E-state index >= 15 is 0 Å². The molecule has 2 rings (SSSR count). The Morgan fingerprint density at radius 1 is 1.35 bits per heavy atom. The van der Waals surface area contributed by atoms with Gasteiger partial charge in [0.05, 0.1) is 5.57 Å². The van der Waals surface area contributed by atoms with E-state index in [0.29, 0.717) is 11.8 Å². The molecule has 1 heterocycles. The zero-order valence-electron chi connectivity index (χ0n) is 11.7. The van der Waals surface area contributed by atoms with Crippen LogP contribution in [0.25, 0.3) is 5.57 Å². The van der Waals surface area contributed by atoms with Gasteiger partial charge in [-0.3, -0.25) is 4.99 Å². The van der Waals surface area contributed by atoms with Crippen LogP contribution in [0.5, 0.6) is 0 Å². The average Bonchev–Trinajstić information content (AvgIpc) is 2.45. The third-order valence-corrected chi connectivity index (χ3v) is 3.81. The lowest BCUT2D eigenvalue weighted by Crippen LogP contribution is -2.30. The standard InChI is InChI=1S/C14H19ClN4S/c1-3-8-18-20-19-14-12(13(15)16-9-17-14)11-6-4-10(2)5-7-11/h4-7,17-19H,3,8-9H2,1-2H3. The predicted molar refractivity (Wildman–Crippen MR) is 88.4 cm³/mol. The van der Waals surface area contributed by atoms with Crippen LogP contribution in [0, 0.1) is 6.92 Å². The van der Waals surface area contributed by atoms with Crippen molar-refractivity contribution in [3.63, 3.8) is 0 Å². The maximum atomic E-state index is 6.27. The minimum Gasteiger partial charge on any atom is -0.351 e. The molecule has 1 aromatic carbocycles. The van der Waals surface area contributed by atoms with Crippen molar-refractivity contribution in [2.45, 2.75) is 20.3 Å². The van der Waals surface area contributed by atoms with Crippen molar-refractivity contribution in [1.29, 1.82) is 0 Å². The van der Waals surface area contributed by atoms with E-state index in [4.69, 9.17) is 11.6 Å². The van der Waals surface area contributed by atoms with Crippen molar-refractivity contribution in [2.24, 2.45) is 4.99 Å². The Balaban J connectivity index is 2.19. The van der Waals surface area contributed by atoms with E-state index in [9.17, 15) is 0 Å². The second-order valence-electron chi connectivity index (χ2n) is 4.50. The van der Waals surface area contributed by atoms with Crippen LogP contribution in [0.4, 0.5) is 0 Å². The lowest BCUT2D eigenvalue weighted by atomic mass is 10.0. The Morgan fingerprint density at radius 2 is 2.10 bits per heavy atom. The molecule has 1 aliphatic rings. The normalized spacial score (nSPS) is 14.8. The number of hydrogen-bond acceptors (Lipinski definition) is 5. The summed E-state index contributed by atoms with van der Waals surface area (Å²) in [7, 11) is 0. The fraction of sp³-hybridized carbons (Fsp3) is 0.357. The molecule has 0 saturated carbocycles. The number of aryl methyl sites for hydroxylation is 1. The summed E-state index contributed by atoms with van der Waals surface area (Å²) in [6.07, 6.45) is 1.09. The first kappa shape index (κ1) is 15.2. The molecule has 3 N–H and O–H groups in total. The van der Waals surface area contributed by atoms with Gasteiger partial charge in [-0.25, -0.2) is 4.72 Å². The molecule has 0 saturated heterocycles. The van der Waals surface area contributed by atoms with Crippen molar-refractivity contribution in [1.82, 2.24) is 14.8 Å². The SMILES string of the molecule is CCCNSNC1=C(c2ccc(C)cc2)C(Cl)=NCN1. The minimum atomic E-state index is 0.491. The molecule has 0 spiro atoms. The highest BCUT2D eigenvalue weighted by atomic mass is 35.5. The van der Waals surface area contributed by atoms with Gasteiger partial charge in [0, 0.05) is 18.7 Å². The zero-order valence-corrected chi connectivity index (χ0v) is 13.2. The summed E-state index contributed by atoms with van der Waals surface area (Å²) in [5.41, 5.74) is 3.18. The molecular formula is C14H19ClN4S. The number of benzene rings is 1. The Hall–Kier alpha value is -1.17. The highest BCUT2D eigenvalue weighted by molar-refractivity contribution is 7.95. The van der Waals surface area contributed by atoms with Crippen molar-refractivity contribution in [2.75, 3.05) is 13.2 Å². The molecule has 0 bridgehead atoms. The van der Waals surface area contributed by atoms with Gasteiger partial charge in [-0.1, -0.05) is 48.4 Å². The van der Waals surface area contributed by atoms with Gasteiger partial charge < -0.3 is 10.0 Å². The Bertz CT molecular complexity index is 510. The van der Waals surface area contributed by atoms with Crippen LogP contribution in [0.3, 0.4) is 0 Å². The molecule has 108 valence electrons. The van der Waals surface area contributed by atoms with E-state index in [1.807, 2.05) is 0 Å². The fourth-order valence-corrected chi connectivity index (χ4v) is 2.69. The molecular weight excluding hydrogens is 292 g/mol. The summed E-state index contributed by atoms with van der Waals surface area (Å²) in [5.74, 6) is 0.891. The minimum absolute atomic E-state index is 0.491. The Morgan fingerprint density at radius 3 is 2.80 bits per heavy atom. The van der Waals surface area contributed by atoms with Crippen LogP contribution < -0.4 is 14.8 Å². The van der Waals surface area contributed by atoms with Crippen molar-refractivity contribution >= 4 is 34.5 Å². The molecule has 0 aliphatic carbocycles. The average molecular weight is 311 g/mol. The molecule has 1 aromatic rings. The van der Waals surface area contributed by atoms with Crippen LogP contribution in [0.15, 0.2) is 35.1 Å². The summed E-state index contributed by atoms with van der Waals surface area (Å²) < 4.78 is 6.49. The summed E-state index contributed by atoms with van der Waals surface area (Å²) in [6.45, 7) is 5.64. The second-order valence-corrected chi connectivity index (χ2v) is 5.55. The number of aliphatic imine (C=N–C) groups is 1. The molecule has 4 nitrogen and oxygen atoms in total. The van der Waals surface area contributed by atoms with Gasteiger partial charge in [-0.2, -0.15) is 0 Å². The molecule has 0 fully saturated rings. The molecule has 20 heavy (non-hydrogen) atoms. The van der Waals surface area contributed by atoms with Gasteiger partial charge >= 0.3 is 0 Å². The lowest BCUT2D eigenvalue weighted by Gasteiger charge is -2.20. The maximum absolute atomic E-state index is 6.27. The summed E-state index contributed by atoms with van der Waals surface area (Å²) in [6, 6.07) is 8.26. The molecule has 0 unspecified atom stereocenters. The maximum Gasteiger partial charge on any atom is 0.137 e. The van der Waals surface area contributed by atoms with Gasteiger partial charge in [-0.15, -0.1) is 0 Å². The Kier molecular flexibility index (Phi) is 5.76. The highest BCUT2D eigenvalue weighted by Gasteiger charge is 2.17. The van der Waals surface area contributed by atoms with Gasteiger partial charge in [-0.05, 0) is 18.9 Å². The molecule has 6 heteroatoms. The van der Waals surface area contributed by atoms with E-state index in [0.717, 1.165) is 29.9 Å². The van der Waals surface area contributed by atoms with Crippen LogP contribution >= 0.6 is 23.7 Å². The number of rotatable bonds is 6. The van der Waals surface area contributed by atoms with E-state index in [1.165, 1.54) is 17.7 Å². The van der Waals surface area contributed by atoms with Gasteiger partial charge in [0.2, 0.25) is 0 Å². The zero-order chi connectivity index (χ0) is 14.4. The molecule has 0 atom stereocenters. The van der Waals surface area contributed by atoms with Crippen molar-refractivity contribution in [3.05, 3.63) is 41.2 Å². The van der Waals surface area contributed by atoms with Crippen LogP contribution in [-0.2, 0) is 0 Å². The number of nitrogens with zero attached hydrogens (tertiary/aromatic N) is 1. The van der Waals surface area contributed by atoms with Crippen molar-refractivity contribution in [3.8, 4) is 0 Å². The summed E-state index contributed by atoms with van der Waals surface area (Å²) >= 11 is 7.73. The second kappa shape index (κ2) is 7.57. The number of nitrogens with one attached hydrogen (secondary N) is 3. The van der Waals surface area contributed by atoms with E-state index in [1.54, 1.807) is 0 Å². The van der Waals surface area contributed by atoms with Gasteiger partial charge in [0.25, 0.3) is 0 Å².